The normalized spacial score (nSPS) is 44.4. The van der Waals surface area contributed by atoms with Gasteiger partial charge in [-0.25, -0.2) is 0 Å². The highest BCUT2D eigenvalue weighted by atomic mass is 16.3. The number of carbonyl (C=O) groups excluding carboxylic acids is 1. The molecular weight excluding hydrogens is 202 g/mol. The van der Waals surface area contributed by atoms with Crippen LogP contribution < -0.4 is 0 Å². The molecular formula is C13H21NO2. The molecule has 3 rings (SSSR count). The van der Waals surface area contributed by atoms with E-state index in [2.05, 4.69) is 6.92 Å². The predicted molar refractivity (Wildman–Crippen MR) is 60.7 cm³/mol. The molecule has 5 unspecified atom stereocenters. The molecule has 0 aromatic carbocycles. The Morgan fingerprint density at radius 1 is 1.38 bits per heavy atom. The summed E-state index contributed by atoms with van der Waals surface area (Å²) in [6.07, 6.45) is 5.39. The summed E-state index contributed by atoms with van der Waals surface area (Å²) in [5.74, 6) is 2.64. The van der Waals surface area contributed by atoms with Crippen molar-refractivity contribution < 1.29 is 9.90 Å². The Morgan fingerprint density at radius 3 is 2.69 bits per heavy atom. The van der Waals surface area contributed by atoms with Gasteiger partial charge in [0.1, 0.15) is 0 Å². The number of aliphatic hydroxyl groups excluding tert-OH is 1. The maximum absolute atomic E-state index is 11.8. The maximum Gasteiger partial charge on any atom is 0.225 e. The lowest BCUT2D eigenvalue weighted by Gasteiger charge is -2.34. The van der Waals surface area contributed by atoms with Gasteiger partial charge < -0.3 is 10.0 Å². The monoisotopic (exact) mass is 223 g/mol. The van der Waals surface area contributed by atoms with E-state index in [1.54, 1.807) is 0 Å². The highest BCUT2D eigenvalue weighted by Gasteiger charge is 2.45. The van der Waals surface area contributed by atoms with Gasteiger partial charge in [-0.1, -0.05) is 6.42 Å². The van der Waals surface area contributed by atoms with E-state index in [9.17, 15) is 9.90 Å². The number of aliphatic hydroxyl groups is 1. The van der Waals surface area contributed by atoms with Crippen molar-refractivity contribution >= 4 is 5.91 Å². The molecule has 1 saturated heterocycles. The Bertz CT molecular complexity index is 304. The Hall–Kier alpha value is -0.570. The lowest BCUT2D eigenvalue weighted by atomic mass is 9.83. The second kappa shape index (κ2) is 3.73. The van der Waals surface area contributed by atoms with E-state index < -0.39 is 6.10 Å². The van der Waals surface area contributed by atoms with Crippen molar-refractivity contribution in [1.29, 1.82) is 0 Å². The highest BCUT2D eigenvalue weighted by molar-refractivity contribution is 5.79. The zero-order chi connectivity index (χ0) is 11.3. The van der Waals surface area contributed by atoms with Gasteiger partial charge in [0, 0.05) is 12.6 Å². The van der Waals surface area contributed by atoms with Crippen LogP contribution in [0.25, 0.3) is 0 Å². The van der Waals surface area contributed by atoms with E-state index in [1.807, 2.05) is 4.90 Å². The van der Waals surface area contributed by atoms with Gasteiger partial charge in [-0.2, -0.15) is 0 Å². The molecule has 1 amide bonds. The van der Waals surface area contributed by atoms with Crippen LogP contribution in [0.3, 0.4) is 0 Å². The van der Waals surface area contributed by atoms with Crippen molar-refractivity contribution in [2.45, 2.75) is 51.2 Å². The molecule has 5 atom stereocenters. The molecule has 2 aliphatic carbocycles. The minimum absolute atomic E-state index is 0.155. The van der Waals surface area contributed by atoms with Gasteiger partial charge in [0.25, 0.3) is 0 Å². The molecule has 3 heteroatoms. The average molecular weight is 223 g/mol. The van der Waals surface area contributed by atoms with Crippen molar-refractivity contribution in [1.82, 2.24) is 4.90 Å². The third-order valence-electron chi connectivity index (χ3n) is 5.04. The molecule has 3 aliphatic rings. The number of β-amino-alcohol motifs (C(OH)–C–C–N with tert-alkyl or cyclic N) is 1. The highest BCUT2D eigenvalue weighted by Crippen LogP contribution is 2.50. The molecule has 1 heterocycles. The summed E-state index contributed by atoms with van der Waals surface area (Å²) in [5.41, 5.74) is 0. The summed E-state index contributed by atoms with van der Waals surface area (Å²) in [6.45, 7) is 2.75. The van der Waals surface area contributed by atoms with Crippen molar-refractivity contribution in [3.8, 4) is 0 Å². The first-order valence-electron chi connectivity index (χ1n) is 6.62. The number of amides is 1. The van der Waals surface area contributed by atoms with Gasteiger partial charge in [-0.05, 0) is 43.9 Å². The Kier molecular flexibility index (Phi) is 2.46. The molecule has 90 valence electrons. The number of rotatable bonds is 2. The van der Waals surface area contributed by atoms with Crippen molar-refractivity contribution in [3.05, 3.63) is 0 Å². The van der Waals surface area contributed by atoms with E-state index in [0.717, 1.165) is 11.8 Å². The van der Waals surface area contributed by atoms with Crippen LogP contribution in [0.2, 0.25) is 0 Å². The number of carbonyl (C=O) groups is 1. The Balaban J connectivity index is 1.69. The van der Waals surface area contributed by atoms with E-state index in [-0.39, 0.29) is 5.91 Å². The molecule has 0 spiro atoms. The van der Waals surface area contributed by atoms with Gasteiger partial charge in [-0.15, -0.1) is 0 Å². The molecule has 3 fully saturated rings. The largest absolute Gasteiger partial charge is 0.391 e. The first-order valence-corrected chi connectivity index (χ1v) is 6.62. The fraction of sp³-hybridized carbons (Fsp3) is 0.923. The molecule has 3 nitrogen and oxygen atoms in total. The topological polar surface area (TPSA) is 40.5 Å². The smallest absolute Gasteiger partial charge is 0.225 e. The van der Waals surface area contributed by atoms with Crippen molar-refractivity contribution in [3.63, 3.8) is 0 Å². The van der Waals surface area contributed by atoms with Crippen LogP contribution in [-0.2, 0) is 4.79 Å². The molecule has 1 N–H and O–H groups in total. The summed E-state index contributed by atoms with van der Waals surface area (Å²) in [5, 5.41) is 9.53. The molecule has 2 bridgehead atoms. The quantitative estimate of drug-likeness (QED) is 0.769. The number of fused-ring (bicyclic) bond motifs is 2. The summed E-state index contributed by atoms with van der Waals surface area (Å²) in [7, 11) is 0. The van der Waals surface area contributed by atoms with Crippen LogP contribution >= 0.6 is 0 Å². The molecule has 1 aliphatic heterocycles. The lowest BCUT2D eigenvalue weighted by Crippen LogP contribution is -2.41. The Morgan fingerprint density at radius 2 is 2.19 bits per heavy atom. The van der Waals surface area contributed by atoms with Crippen molar-refractivity contribution in [2.24, 2.45) is 17.8 Å². The van der Waals surface area contributed by atoms with E-state index in [4.69, 9.17) is 0 Å². The number of hydrogen-bond acceptors (Lipinski definition) is 2. The standard InChI is InChI=1S/C13H21NO2/c1-8(14-7-11(15)6-13(14)16)12-5-9-2-3-10(12)4-9/h8-12,15H,2-7H2,1H3. The molecule has 0 radical (unpaired) electrons. The SMILES string of the molecule is CC(C1CC2CCC1C2)N1CC(O)CC1=O. The summed E-state index contributed by atoms with van der Waals surface area (Å²) < 4.78 is 0. The van der Waals surface area contributed by atoms with E-state index in [1.165, 1.54) is 25.7 Å². The molecule has 16 heavy (non-hydrogen) atoms. The fourth-order valence-corrected chi connectivity index (χ4v) is 4.22. The van der Waals surface area contributed by atoms with Crippen LogP contribution in [0, 0.1) is 17.8 Å². The van der Waals surface area contributed by atoms with Gasteiger partial charge >= 0.3 is 0 Å². The van der Waals surface area contributed by atoms with Crippen LogP contribution in [0.5, 0.6) is 0 Å². The molecule has 2 saturated carbocycles. The second-order valence-corrected chi connectivity index (χ2v) is 5.98. The zero-order valence-corrected chi connectivity index (χ0v) is 9.93. The lowest BCUT2D eigenvalue weighted by molar-refractivity contribution is -0.130. The maximum atomic E-state index is 11.8. The van der Waals surface area contributed by atoms with Gasteiger partial charge in [0.15, 0.2) is 0 Å². The van der Waals surface area contributed by atoms with Crippen LogP contribution in [0.15, 0.2) is 0 Å². The van der Waals surface area contributed by atoms with Crippen LogP contribution in [0.1, 0.15) is 39.0 Å². The van der Waals surface area contributed by atoms with Crippen LogP contribution in [0.4, 0.5) is 0 Å². The minimum atomic E-state index is -0.423. The van der Waals surface area contributed by atoms with Crippen LogP contribution in [-0.4, -0.2) is 34.6 Å². The van der Waals surface area contributed by atoms with E-state index in [0.29, 0.717) is 24.9 Å². The Labute approximate surface area is 96.8 Å². The fourth-order valence-electron chi connectivity index (χ4n) is 4.22. The predicted octanol–water partition coefficient (Wildman–Crippen LogP) is 1.40. The number of hydrogen-bond donors (Lipinski definition) is 1. The third kappa shape index (κ3) is 1.56. The minimum Gasteiger partial charge on any atom is -0.391 e. The van der Waals surface area contributed by atoms with Gasteiger partial charge in [0.05, 0.1) is 12.5 Å². The molecule has 0 aromatic heterocycles. The van der Waals surface area contributed by atoms with E-state index >= 15 is 0 Å². The third-order valence-corrected chi connectivity index (χ3v) is 5.04. The molecule has 0 aromatic rings. The second-order valence-electron chi connectivity index (χ2n) is 5.98. The summed E-state index contributed by atoms with van der Waals surface area (Å²) >= 11 is 0. The first kappa shape index (κ1) is 10.6. The summed E-state index contributed by atoms with van der Waals surface area (Å²) in [6, 6.07) is 0.347. The average Bonchev–Trinajstić information content (AvgIpc) is 2.91. The number of nitrogens with zero attached hydrogens (tertiary/aromatic N) is 1. The summed E-state index contributed by atoms with van der Waals surface area (Å²) in [4.78, 5) is 13.7. The zero-order valence-electron chi connectivity index (χ0n) is 9.93. The van der Waals surface area contributed by atoms with Crippen molar-refractivity contribution in [2.75, 3.05) is 6.54 Å². The van der Waals surface area contributed by atoms with Gasteiger partial charge in [-0.3, -0.25) is 4.79 Å². The first-order chi connectivity index (χ1) is 7.65. The van der Waals surface area contributed by atoms with Gasteiger partial charge in [0.2, 0.25) is 5.91 Å². The number of likely N-dealkylation sites (tertiary alicyclic amines) is 1.